The zero-order valence-electron chi connectivity index (χ0n) is 12.9. The number of aryl methyl sites for hydroxylation is 1. The Morgan fingerprint density at radius 2 is 1.95 bits per heavy atom. The number of nitrogens with zero attached hydrogens (tertiary/aromatic N) is 2. The monoisotopic (exact) mass is 287 g/mol. The first kappa shape index (κ1) is 15.1. The number of nitrogens with one attached hydrogen (secondary N) is 1. The van der Waals surface area contributed by atoms with Crippen molar-refractivity contribution in [3.63, 3.8) is 0 Å². The van der Waals surface area contributed by atoms with Crippen molar-refractivity contribution in [2.45, 2.75) is 20.3 Å². The zero-order chi connectivity index (χ0) is 15.2. The second kappa shape index (κ2) is 6.92. The maximum absolute atomic E-state index is 5.52. The highest BCUT2D eigenvalue weighted by atomic mass is 16.5. The molecule has 1 aromatic heterocycles. The Kier molecular flexibility index (Phi) is 4.98. The molecule has 5 heteroatoms. The minimum atomic E-state index is 0.666. The molecular weight excluding hydrogens is 266 g/mol. The van der Waals surface area contributed by atoms with Gasteiger partial charge in [0.1, 0.15) is 17.8 Å². The van der Waals surface area contributed by atoms with Gasteiger partial charge in [-0.15, -0.1) is 0 Å². The van der Waals surface area contributed by atoms with E-state index in [0.717, 1.165) is 41.4 Å². The number of methoxy groups -OCH3 is 2. The minimum Gasteiger partial charge on any atom is -0.497 e. The van der Waals surface area contributed by atoms with E-state index in [9.17, 15) is 0 Å². The Morgan fingerprint density at radius 3 is 2.57 bits per heavy atom. The van der Waals surface area contributed by atoms with Crippen LogP contribution in [0.4, 0.5) is 5.82 Å². The maximum Gasteiger partial charge on any atom is 0.187 e. The fraction of sp³-hybridized carbons (Fsp3) is 0.375. The molecule has 0 aliphatic carbocycles. The van der Waals surface area contributed by atoms with Crippen LogP contribution in [0.15, 0.2) is 24.5 Å². The van der Waals surface area contributed by atoms with Gasteiger partial charge in [-0.05, 0) is 37.1 Å². The van der Waals surface area contributed by atoms with Crippen LogP contribution in [0.2, 0.25) is 0 Å². The van der Waals surface area contributed by atoms with Gasteiger partial charge in [0.25, 0.3) is 0 Å². The molecule has 0 spiro atoms. The third-order valence-electron chi connectivity index (χ3n) is 3.24. The van der Waals surface area contributed by atoms with E-state index in [1.165, 1.54) is 0 Å². The Labute approximate surface area is 125 Å². The summed E-state index contributed by atoms with van der Waals surface area (Å²) in [6, 6.07) is 5.89. The molecule has 0 amide bonds. The van der Waals surface area contributed by atoms with Crippen molar-refractivity contribution in [3.05, 3.63) is 30.1 Å². The summed E-state index contributed by atoms with van der Waals surface area (Å²) in [5.74, 6) is 2.22. The molecule has 0 atom stereocenters. The highest BCUT2D eigenvalue weighted by Crippen LogP contribution is 2.35. The lowest BCUT2D eigenvalue weighted by Crippen LogP contribution is -2.06. The SMILES string of the molecule is CCCNc1ncnc(-c2ccc(OC)cc2C)c1OC. The van der Waals surface area contributed by atoms with Crippen LogP contribution in [-0.2, 0) is 0 Å². The van der Waals surface area contributed by atoms with E-state index < -0.39 is 0 Å². The molecular formula is C16H21N3O2. The van der Waals surface area contributed by atoms with E-state index in [1.54, 1.807) is 20.5 Å². The Hall–Kier alpha value is -2.30. The van der Waals surface area contributed by atoms with Crippen molar-refractivity contribution in [1.29, 1.82) is 0 Å². The number of aromatic nitrogens is 2. The summed E-state index contributed by atoms with van der Waals surface area (Å²) in [4.78, 5) is 8.65. The number of benzene rings is 1. The molecule has 0 fully saturated rings. The molecule has 112 valence electrons. The average molecular weight is 287 g/mol. The molecule has 5 nitrogen and oxygen atoms in total. The molecule has 0 aliphatic rings. The molecule has 1 aromatic carbocycles. The van der Waals surface area contributed by atoms with Crippen LogP contribution in [0.1, 0.15) is 18.9 Å². The first-order valence-electron chi connectivity index (χ1n) is 6.99. The van der Waals surface area contributed by atoms with Crippen LogP contribution in [-0.4, -0.2) is 30.7 Å². The second-order valence-electron chi connectivity index (χ2n) is 4.71. The molecule has 0 saturated heterocycles. The van der Waals surface area contributed by atoms with Crippen molar-refractivity contribution in [3.8, 4) is 22.8 Å². The highest BCUT2D eigenvalue weighted by molar-refractivity contribution is 5.75. The zero-order valence-corrected chi connectivity index (χ0v) is 12.9. The topological polar surface area (TPSA) is 56.3 Å². The lowest BCUT2D eigenvalue weighted by molar-refractivity contribution is 0.413. The molecule has 21 heavy (non-hydrogen) atoms. The van der Waals surface area contributed by atoms with Gasteiger partial charge >= 0.3 is 0 Å². The van der Waals surface area contributed by atoms with Crippen molar-refractivity contribution < 1.29 is 9.47 Å². The molecule has 1 N–H and O–H groups in total. The van der Waals surface area contributed by atoms with Gasteiger partial charge in [0.2, 0.25) is 0 Å². The van der Waals surface area contributed by atoms with Crippen molar-refractivity contribution in [2.75, 3.05) is 26.1 Å². The molecule has 0 bridgehead atoms. The minimum absolute atomic E-state index is 0.666. The van der Waals surface area contributed by atoms with Crippen LogP contribution < -0.4 is 14.8 Å². The maximum atomic E-state index is 5.52. The molecule has 0 unspecified atom stereocenters. The van der Waals surface area contributed by atoms with Gasteiger partial charge in [-0.3, -0.25) is 0 Å². The molecule has 0 saturated carbocycles. The molecule has 0 aliphatic heterocycles. The van der Waals surface area contributed by atoms with Crippen LogP contribution >= 0.6 is 0 Å². The summed E-state index contributed by atoms with van der Waals surface area (Å²) in [7, 11) is 3.30. The smallest absolute Gasteiger partial charge is 0.187 e. The van der Waals surface area contributed by atoms with Gasteiger partial charge in [-0.2, -0.15) is 0 Å². The molecule has 2 aromatic rings. The highest BCUT2D eigenvalue weighted by Gasteiger charge is 2.15. The molecule has 0 radical (unpaired) electrons. The van der Waals surface area contributed by atoms with E-state index in [0.29, 0.717) is 5.75 Å². The Bertz CT molecular complexity index is 614. The van der Waals surface area contributed by atoms with Crippen molar-refractivity contribution >= 4 is 5.82 Å². The molecule has 1 heterocycles. The fourth-order valence-corrected chi connectivity index (χ4v) is 2.16. The third-order valence-corrected chi connectivity index (χ3v) is 3.24. The number of hydrogen-bond acceptors (Lipinski definition) is 5. The van der Waals surface area contributed by atoms with Gasteiger partial charge in [-0.1, -0.05) is 6.92 Å². The Morgan fingerprint density at radius 1 is 1.14 bits per heavy atom. The molecule has 2 rings (SSSR count). The van der Waals surface area contributed by atoms with Gasteiger partial charge in [0, 0.05) is 12.1 Å². The average Bonchev–Trinajstić information content (AvgIpc) is 2.52. The van der Waals surface area contributed by atoms with Crippen molar-refractivity contribution in [1.82, 2.24) is 9.97 Å². The van der Waals surface area contributed by atoms with Crippen LogP contribution in [0.5, 0.6) is 11.5 Å². The third kappa shape index (κ3) is 3.24. The lowest BCUT2D eigenvalue weighted by atomic mass is 10.0. The second-order valence-corrected chi connectivity index (χ2v) is 4.71. The number of ether oxygens (including phenoxy) is 2. The summed E-state index contributed by atoms with van der Waals surface area (Å²) >= 11 is 0. The lowest BCUT2D eigenvalue weighted by Gasteiger charge is -2.14. The van der Waals surface area contributed by atoms with Gasteiger partial charge in [0.15, 0.2) is 11.6 Å². The summed E-state index contributed by atoms with van der Waals surface area (Å²) < 4.78 is 10.8. The predicted octanol–water partition coefficient (Wildman–Crippen LogP) is 3.29. The normalized spacial score (nSPS) is 10.3. The fourth-order valence-electron chi connectivity index (χ4n) is 2.16. The summed E-state index contributed by atoms with van der Waals surface area (Å²) in [6.45, 7) is 4.97. The summed E-state index contributed by atoms with van der Waals surface area (Å²) in [5.41, 5.74) is 2.87. The summed E-state index contributed by atoms with van der Waals surface area (Å²) in [6.07, 6.45) is 2.57. The van der Waals surface area contributed by atoms with Gasteiger partial charge in [-0.25, -0.2) is 9.97 Å². The summed E-state index contributed by atoms with van der Waals surface area (Å²) in [5, 5.41) is 3.27. The quantitative estimate of drug-likeness (QED) is 0.883. The first-order valence-corrected chi connectivity index (χ1v) is 6.99. The van der Waals surface area contributed by atoms with E-state index in [-0.39, 0.29) is 0 Å². The Balaban J connectivity index is 2.48. The van der Waals surface area contributed by atoms with Crippen LogP contribution in [0.3, 0.4) is 0 Å². The largest absolute Gasteiger partial charge is 0.497 e. The number of anilines is 1. The van der Waals surface area contributed by atoms with E-state index in [2.05, 4.69) is 22.2 Å². The predicted molar refractivity (Wildman–Crippen MR) is 84.1 cm³/mol. The number of hydrogen-bond donors (Lipinski definition) is 1. The van der Waals surface area contributed by atoms with Crippen LogP contribution in [0, 0.1) is 6.92 Å². The van der Waals surface area contributed by atoms with Crippen molar-refractivity contribution in [2.24, 2.45) is 0 Å². The van der Waals surface area contributed by atoms with Gasteiger partial charge in [0.05, 0.1) is 14.2 Å². The van der Waals surface area contributed by atoms with Crippen LogP contribution in [0.25, 0.3) is 11.3 Å². The van der Waals surface area contributed by atoms with E-state index in [4.69, 9.17) is 9.47 Å². The van der Waals surface area contributed by atoms with E-state index in [1.807, 2.05) is 25.1 Å². The standard InChI is InChI=1S/C16H21N3O2/c1-5-8-17-16-15(21-4)14(18-10-19-16)13-7-6-12(20-3)9-11(13)2/h6-7,9-10H,5,8H2,1-4H3,(H,17,18,19). The number of rotatable bonds is 6. The van der Waals surface area contributed by atoms with E-state index >= 15 is 0 Å². The van der Waals surface area contributed by atoms with Gasteiger partial charge < -0.3 is 14.8 Å². The first-order chi connectivity index (χ1) is 10.2.